The van der Waals surface area contributed by atoms with Gasteiger partial charge in [0.1, 0.15) is 5.75 Å². The standard InChI is InChI=1S/C14H20.C12H16.C9H12O.C9H12/c1-11-5-3-7-13(9-11)14-8-4-6-12(2)10-14;1-9-6-7-11-5-3-4-10(2)12(11)8-9;1-3-10-9-6-4-5-8(2)7-9;1-3-9-6-4-5-8(2)7-9/h3,5,7,9,12,14H,4,6,8,10H2,1-2H3;3-5,9H,6-8H2,1-2H3;4-7H,3H2,1-2H3;4-7H,3H2,1-2H3. The van der Waals surface area contributed by atoms with Gasteiger partial charge in [-0.25, -0.2) is 0 Å². The van der Waals surface area contributed by atoms with Crippen LogP contribution in [0.25, 0.3) is 0 Å². The predicted molar refractivity (Wildman–Crippen MR) is 197 cm³/mol. The van der Waals surface area contributed by atoms with Crippen molar-refractivity contribution in [3.63, 3.8) is 0 Å². The molecule has 45 heavy (non-hydrogen) atoms. The van der Waals surface area contributed by atoms with Gasteiger partial charge in [-0.3, -0.25) is 0 Å². The fourth-order valence-electron chi connectivity index (χ4n) is 6.61. The van der Waals surface area contributed by atoms with E-state index in [1.807, 2.05) is 25.1 Å². The first-order valence-corrected chi connectivity index (χ1v) is 17.6. The average Bonchev–Trinajstić information content (AvgIpc) is 3.03. The molecular formula is C44H60O. The van der Waals surface area contributed by atoms with Crippen molar-refractivity contribution < 1.29 is 4.74 Å². The molecule has 3 unspecified atom stereocenters. The van der Waals surface area contributed by atoms with Gasteiger partial charge >= 0.3 is 0 Å². The highest BCUT2D eigenvalue weighted by molar-refractivity contribution is 5.36. The van der Waals surface area contributed by atoms with Gasteiger partial charge in [-0.15, -0.1) is 0 Å². The third-order valence-electron chi connectivity index (χ3n) is 9.21. The second kappa shape index (κ2) is 19.3. The Labute approximate surface area is 276 Å². The van der Waals surface area contributed by atoms with E-state index in [4.69, 9.17) is 4.74 Å². The molecule has 3 atom stereocenters. The Morgan fingerprint density at radius 2 is 1.33 bits per heavy atom. The Hall–Kier alpha value is -3.32. The molecule has 0 heterocycles. The molecule has 6 rings (SSSR count). The van der Waals surface area contributed by atoms with Crippen LogP contribution >= 0.6 is 0 Å². The summed E-state index contributed by atoms with van der Waals surface area (Å²) in [6, 6.07) is 32.4. The fourth-order valence-corrected chi connectivity index (χ4v) is 6.61. The highest BCUT2D eigenvalue weighted by Gasteiger charge is 2.20. The monoisotopic (exact) mass is 604 g/mol. The van der Waals surface area contributed by atoms with Gasteiger partial charge in [0.2, 0.25) is 0 Å². The molecule has 0 aliphatic heterocycles. The highest BCUT2D eigenvalue weighted by atomic mass is 16.5. The van der Waals surface area contributed by atoms with Gasteiger partial charge in [0, 0.05) is 0 Å². The largest absolute Gasteiger partial charge is 0.494 e. The van der Waals surface area contributed by atoms with Crippen molar-refractivity contribution in [3.8, 4) is 5.75 Å². The molecule has 0 radical (unpaired) electrons. The van der Waals surface area contributed by atoms with Gasteiger partial charge in [0.15, 0.2) is 0 Å². The van der Waals surface area contributed by atoms with Crippen molar-refractivity contribution in [2.75, 3.05) is 6.61 Å². The lowest BCUT2D eigenvalue weighted by molar-refractivity contribution is 0.340. The Balaban J connectivity index is 0.000000166. The molecule has 0 aromatic heterocycles. The maximum Gasteiger partial charge on any atom is 0.119 e. The zero-order chi connectivity index (χ0) is 32.6. The molecular weight excluding hydrogens is 544 g/mol. The lowest BCUT2D eigenvalue weighted by Gasteiger charge is -2.27. The lowest BCUT2D eigenvalue weighted by Crippen LogP contribution is -2.12. The van der Waals surface area contributed by atoms with E-state index in [-0.39, 0.29) is 0 Å². The van der Waals surface area contributed by atoms with E-state index in [9.17, 15) is 0 Å². The van der Waals surface area contributed by atoms with Crippen LogP contribution in [0.4, 0.5) is 0 Å². The molecule has 0 spiro atoms. The number of hydrogen-bond donors (Lipinski definition) is 0. The fraction of sp³-hybridized carbons (Fsp3) is 0.455. The second-order valence-corrected chi connectivity index (χ2v) is 13.5. The first-order valence-electron chi connectivity index (χ1n) is 17.6. The van der Waals surface area contributed by atoms with Crippen LogP contribution in [0.2, 0.25) is 0 Å². The Morgan fingerprint density at radius 3 is 1.96 bits per heavy atom. The van der Waals surface area contributed by atoms with Crippen LogP contribution in [-0.4, -0.2) is 6.61 Å². The van der Waals surface area contributed by atoms with Gasteiger partial charge in [-0.1, -0.05) is 124 Å². The third-order valence-corrected chi connectivity index (χ3v) is 9.21. The summed E-state index contributed by atoms with van der Waals surface area (Å²) in [7, 11) is 0. The van der Waals surface area contributed by atoms with Gasteiger partial charge < -0.3 is 4.74 Å². The zero-order valence-electron chi connectivity index (χ0n) is 29.7. The Kier molecular flexibility index (Phi) is 15.5. The zero-order valence-corrected chi connectivity index (χ0v) is 29.7. The predicted octanol–water partition coefficient (Wildman–Crippen LogP) is 12.4. The van der Waals surface area contributed by atoms with Gasteiger partial charge in [-0.2, -0.15) is 0 Å². The highest BCUT2D eigenvalue weighted by Crippen LogP contribution is 2.36. The molecule has 4 aromatic carbocycles. The van der Waals surface area contributed by atoms with Crippen LogP contribution in [-0.2, 0) is 19.3 Å². The summed E-state index contributed by atoms with van der Waals surface area (Å²) in [6.07, 6.45) is 10.7. The number of ether oxygens (including phenoxy) is 1. The summed E-state index contributed by atoms with van der Waals surface area (Å²) in [6.45, 7) is 18.3. The van der Waals surface area contributed by atoms with Crippen molar-refractivity contribution in [2.24, 2.45) is 11.8 Å². The molecule has 1 saturated carbocycles. The quantitative estimate of drug-likeness (QED) is 0.225. The van der Waals surface area contributed by atoms with Crippen molar-refractivity contribution in [1.29, 1.82) is 0 Å². The minimum atomic E-state index is 0.740. The minimum Gasteiger partial charge on any atom is -0.494 e. The molecule has 4 aromatic rings. The Bertz CT molecular complexity index is 1420. The van der Waals surface area contributed by atoms with E-state index < -0.39 is 0 Å². The normalized spacial score (nSPS) is 18.4. The molecule has 0 amide bonds. The molecule has 0 bridgehead atoms. The molecule has 2 aliphatic rings. The SMILES string of the molecule is CCOc1cccc(C)c1.CCc1cccc(C)c1.Cc1cccc(C2CCCC(C)C2)c1.Cc1cccc2c1CC(C)CC2. The summed E-state index contributed by atoms with van der Waals surface area (Å²) in [5.41, 5.74) is 11.7. The van der Waals surface area contributed by atoms with Gasteiger partial charge in [-0.05, 0) is 136 Å². The number of fused-ring (bicyclic) bond motifs is 1. The van der Waals surface area contributed by atoms with Gasteiger partial charge in [0.25, 0.3) is 0 Å². The van der Waals surface area contributed by atoms with E-state index in [0.717, 1.165) is 36.5 Å². The van der Waals surface area contributed by atoms with Crippen LogP contribution in [0.15, 0.2) is 91.0 Å². The topological polar surface area (TPSA) is 9.23 Å². The van der Waals surface area contributed by atoms with Crippen LogP contribution in [0, 0.1) is 39.5 Å². The number of aryl methyl sites for hydroxylation is 6. The van der Waals surface area contributed by atoms with E-state index in [0.29, 0.717) is 0 Å². The smallest absolute Gasteiger partial charge is 0.119 e. The number of rotatable bonds is 4. The van der Waals surface area contributed by atoms with Crippen LogP contribution in [0.1, 0.15) is 110 Å². The lowest BCUT2D eigenvalue weighted by atomic mass is 9.78. The maximum absolute atomic E-state index is 5.29. The van der Waals surface area contributed by atoms with E-state index in [2.05, 4.69) is 121 Å². The molecule has 1 heteroatoms. The summed E-state index contributed by atoms with van der Waals surface area (Å²) >= 11 is 0. The number of hydrogen-bond acceptors (Lipinski definition) is 1. The van der Waals surface area contributed by atoms with E-state index >= 15 is 0 Å². The minimum absolute atomic E-state index is 0.740. The molecule has 1 nitrogen and oxygen atoms in total. The first kappa shape index (κ1) is 36.2. The van der Waals surface area contributed by atoms with Crippen LogP contribution in [0.3, 0.4) is 0 Å². The summed E-state index contributed by atoms with van der Waals surface area (Å²) in [5, 5.41) is 0. The van der Waals surface area contributed by atoms with Crippen molar-refractivity contribution in [3.05, 3.63) is 136 Å². The summed E-state index contributed by atoms with van der Waals surface area (Å²) in [4.78, 5) is 0. The van der Waals surface area contributed by atoms with Crippen LogP contribution in [0.5, 0.6) is 5.75 Å². The average molecular weight is 605 g/mol. The second-order valence-electron chi connectivity index (χ2n) is 13.5. The number of benzene rings is 4. The summed E-state index contributed by atoms with van der Waals surface area (Å²) < 4.78 is 5.29. The van der Waals surface area contributed by atoms with Gasteiger partial charge in [0.05, 0.1) is 6.61 Å². The Morgan fingerprint density at radius 1 is 0.667 bits per heavy atom. The molecule has 0 N–H and O–H groups in total. The molecule has 0 saturated heterocycles. The third kappa shape index (κ3) is 12.9. The van der Waals surface area contributed by atoms with Crippen molar-refractivity contribution in [2.45, 2.75) is 113 Å². The molecule has 1 fully saturated rings. The molecule has 2 aliphatic carbocycles. The van der Waals surface area contributed by atoms with Crippen molar-refractivity contribution >= 4 is 0 Å². The summed E-state index contributed by atoms with van der Waals surface area (Å²) in [5.74, 6) is 3.61. The van der Waals surface area contributed by atoms with Crippen LogP contribution < -0.4 is 4.74 Å². The molecule has 242 valence electrons. The first-order chi connectivity index (χ1) is 21.7. The van der Waals surface area contributed by atoms with E-state index in [1.165, 1.54) is 72.8 Å². The van der Waals surface area contributed by atoms with Crippen molar-refractivity contribution in [1.82, 2.24) is 0 Å². The van der Waals surface area contributed by atoms with E-state index in [1.54, 1.807) is 16.7 Å². The maximum atomic E-state index is 5.29.